The number of hydrogen-bond acceptors (Lipinski definition) is 3. The zero-order valence-corrected chi connectivity index (χ0v) is 8.74. The molecular formula is C9H20O4. The van der Waals surface area contributed by atoms with Crippen LogP contribution in [0, 0.1) is 5.41 Å². The van der Waals surface area contributed by atoms with E-state index >= 15 is 0 Å². The topological polar surface area (TPSA) is 77.8 Å². The van der Waals surface area contributed by atoms with Crippen molar-refractivity contribution in [3.05, 3.63) is 0 Å². The second kappa shape index (κ2) is 6.86. The minimum atomic E-state index is -0.757. The first-order valence-electron chi connectivity index (χ1n) is 4.24. The highest BCUT2D eigenvalue weighted by Crippen LogP contribution is 2.11. The van der Waals surface area contributed by atoms with Crippen LogP contribution in [0.15, 0.2) is 0 Å². The van der Waals surface area contributed by atoms with Crippen molar-refractivity contribution in [3.63, 3.8) is 0 Å². The Bertz CT molecular complexity index is 135. The molecule has 0 amide bonds. The van der Waals surface area contributed by atoms with Crippen molar-refractivity contribution in [3.8, 4) is 0 Å². The molecule has 13 heavy (non-hydrogen) atoms. The average molecular weight is 192 g/mol. The lowest BCUT2D eigenvalue weighted by Crippen LogP contribution is -2.18. The van der Waals surface area contributed by atoms with Crippen LogP contribution in [0.4, 0.5) is 0 Å². The molecule has 4 nitrogen and oxygen atoms in total. The lowest BCUT2D eigenvalue weighted by atomic mass is 9.98. The summed E-state index contributed by atoms with van der Waals surface area (Å²) in [6.07, 6.45) is 0.134. The number of carboxylic acid groups (broad SMARTS) is 1. The van der Waals surface area contributed by atoms with Crippen molar-refractivity contribution in [2.45, 2.75) is 40.2 Å². The third-order valence-corrected chi connectivity index (χ3v) is 1.19. The van der Waals surface area contributed by atoms with Gasteiger partial charge in [-0.15, -0.1) is 0 Å². The van der Waals surface area contributed by atoms with Crippen molar-refractivity contribution < 1.29 is 20.1 Å². The Hall–Kier alpha value is -0.610. The summed E-state index contributed by atoms with van der Waals surface area (Å²) < 4.78 is 0. The molecule has 80 valence electrons. The van der Waals surface area contributed by atoms with E-state index in [1.54, 1.807) is 27.7 Å². The summed E-state index contributed by atoms with van der Waals surface area (Å²) in [7, 11) is 0. The van der Waals surface area contributed by atoms with Gasteiger partial charge in [-0.2, -0.15) is 0 Å². The summed E-state index contributed by atoms with van der Waals surface area (Å²) in [5.74, 6) is -0.757. The molecule has 0 aliphatic carbocycles. The molecule has 0 spiro atoms. The number of carboxylic acids is 1. The molecule has 0 aliphatic rings. The monoisotopic (exact) mass is 192 g/mol. The van der Waals surface area contributed by atoms with E-state index in [1.807, 2.05) is 0 Å². The largest absolute Gasteiger partial charge is 0.481 e. The maximum Gasteiger partial charge on any atom is 0.308 e. The smallest absolute Gasteiger partial charge is 0.308 e. The van der Waals surface area contributed by atoms with Crippen molar-refractivity contribution in [1.29, 1.82) is 0 Å². The van der Waals surface area contributed by atoms with Gasteiger partial charge in [-0.25, -0.2) is 0 Å². The first-order valence-corrected chi connectivity index (χ1v) is 4.24. The molecule has 3 N–H and O–H groups in total. The maximum atomic E-state index is 10.0. The molecule has 0 aliphatic heterocycles. The summed E-state index contributed by atoms with van der Waals surface area (Å²) in [5.41, 5.74) is -0.583. The fraction of sp³-hybridized carbons (Fsp3) is 0.889. The molecule has 0 aromatic carbocycles. The molecule has 0 bridgehead atoms. The predicted octanol–water partition coefficient (Wildman–Crippen LogP) is 0.867. The van der Waals surface area contributed by atoms with Gasteiger partial charge in [-0.1, -0.05) is 0 Å². The second-order valence-corrected chi connectivity index (χ2v) is 3.92. The predicted molar refractivity (Wildman–Crippen MR) is 50.5 cm³/mol. The van der Waals surface area contributed by atoms with Crippen LogP contribution in [-0.4, -0.2) is 34.0 Å². The molecule has 0 aromatic rings. The van der Waals surface area contributed by atoms with Gasteiger partial charge >= 0.3 is 5.97 Å². The number of aliphatic hydroxyl groups excluding tert-OH is 2. The minimum Gasteiger partial charge on any atom is -0.481 e. The van der Waals surface area contributed by atoms with Gasteiger partial charge in [-0.3, -0.25) is 4.79 Å². The van der Waals surface area contributed by atoms with Crippen LogP contribution in [0.5, 0.6) is 0 Å². The van der Waals surface area contributed by atoms with Gasteiger partial charge in [0.2, 0.25) is 0 Å². The number of aliphatic carboxylic acids is 1. The summed E-state index contributed by atoms with van der Waals surface area (Å²) in [5, 5.41) is 24.7. The van der Waals surface area contributed by atoms with E-state index in [1.165, 1.54) is 0 Å². The lowest BCUT2D eigenvalue weighted by molar-refractivity contribution is -0.145. The van der Waals surface area contributed by atoms with Gasteiger partial charge in [0, 0.05) is 6.61 Å². The van der Waals surface area contributed by atoms with E-state index in [2.05, 4.69) is 0 Å². The SMILES string of the molecule is CC(C)(C)C(=O)O.CC(O)CCO. The Kier molecular flexibility index (Phi) is 7.85. The third-order valence-electron chi connectivity index (χ3n) is 1.19. The Morgan fingerprint density at radius 1 is 1.38 bits per heavy atom. The van der Waals surface area contributed by atoms with Crippen molar-refractivity contribution in [2.75, 3.05) is 6.61 Å². The third kappa shape index (κ3) is 14.3. The molecule has 1 unspecified atom stereocenters. The maximum absolute atomic E-state index is 10.0. The number of rotatable bonds is 2. The first-order chi connectivity index (χ1) is 5.71. The highest BCUT2D eigenvalue weighted by molar-refractivity contribution is 5.72. The Labute approximate surface area is 79.2 Å². The summed E-state index contributed by atoms with van der Waals surface area (Å²) in [6.45, 7) is 6.72. The Balaban J connectivity index is 0. The van der Waals surface area contributed by atoms with Crippen LogP contribution in [0.3, 0.4) is 0 Å². The molecular weight excluding hydrogens is 172 g/mol. The van der Waals surface area contributed by atoms with Crippen LogP contribution >= 0.6 is 0 Å². The molecule has 0 rings (SSSR count). The van der Waals surface area contributed by atoms with Gasteiger partial charge in [0.05, 0.1) is 11.5 Å². The van der Waals surface area contributed by atoms with Crippen LogP contribution in [0.25, 0.3) is 0 Å². The summed E-state index contributed by atoms with van der Waals surface area (Å²) >= 11 is 0. The second-order valence-electron chi connectivity index (χ2n) is 3.92. The summed E-state index contributed by atoms with van der Waals surface area (Å²) in [6, 6.07) is 0. The first kappa shape index (κ1) is 14.9. The van der Waals surface area contributed by atoms with E-state index in [0.29, 0.717) is 6.42 Å². The fourth-order valence-electron chi connectivity index (χ4n) is 0.187. The molecule has 0 aromatic heterocycles. The van der Waals surface area contributed by atoms with Gasteiger partial charge in [0.1, 0.15) is 0 Å². The Morgan fingerprint density at radius 2 is 1.69 bits per heavy atom. The molecule has 0 saturated carbocycles. The van der Waals surface area contributed by atoms with E-state index in [0.717, 1.165) is 0 Å². The van der Waals surface area contributed by atoms with Crippen molar-refractivity contribution in [1.82, 2.24) is 0 Å². The highest BCUT2D eigenvalue weighted by Gasteiger charge is 2.18. The van der Waals surface area contributed by atoms with Gasteiger partial charge < -0.3 is 15.3 Å². The van der Waals surface area contributed by atoms with E-state index in [-0.39, 0.29) is 12.7 Å². The quantitative estimate of drug-likeness (QED) is 0.606. The molecule has 4 heteroatoms. The molecule has 0 radical (unpaired) electrons. The highest BCUT2D eigenvalue weighted by atomic mass is 16.4. The zero-order valence-electron chi connectivity index (χ0n) is 8.74. The van der Waals surface area contributed by atoms with E-state index in [9.17, 15) is 4.79 Å². The van der Waals surface area contributed by atoms with Gasteiger partial charge in [0.15, 0.2) is 0 Å². The summed E-state index contributed by atoms with van der Waals surface area (Å²) in [4.78, 5) is 10.0. The fourth-order valence-corrected chi connectivity index (χ4v) is 0.187. The van der Waals surface area contributed by atoms with Crippen LogP contribution in [0.1, 0.15) is 34.1 Å². The van der Waals surface area contributed by atoms with E-state index in [4.69, 9.17) is 15.3 Å². The van der Waals surface area contributed by atoms with Gasteiger partial charge in [-0.05, 0) is 34.1 Å². The zero-order chi connectivity index (χ0) is 11.1. The van der Waals surface area contributed by atoms with Crippen molar-refractivity contribution >= 4 is 5.97 Å². The van der Waals surface area contributed by atoms with Crippen LogP contribution in [0.2, 0.25) is 0 Å². The minimum absolute atomic E-state index is 0.0810. The average Bonchev–Trinajstić information content (AvgIpc) is 1.85. The number of carbonyl (C=O) groups is 1. The Morgan fingerprint density at radius 3 is 1.69 bits per heavy atom. The van der Waals surface area contributed by atoms with Crippen molar-refractivity contribution in [2.24, 2.45) is 5.41 Å². The molecule has 0 saturated heterocycles. The number of hydrogen-bond donors (Lipinski definition) is 3. The molecule has 0 fully saturated rings. The normalized spacial score (nSPS) is 12.8. The molecule has 0 heterocycles. The van der Waals surface area contributed by atoms with Gasteiger partial charge in [0.25, 0.3) is 0 Å². The lowest BCUT2D eigenvalue weighted by Gasteiger charge is -2.08. The van der Waals surface area contributed by atoms with Crippen LogP contribution < -0.4 is 0 Å². The number of aliphatic hydroxyl groups is 2. The molecule has 1 atom stereocenters. The standard InChI is InChI=1S/C5H10O2.C4H10O2/c1-5(2,3)4(6)7;1-4(6)2-3-5/h1-3H3,(H,6,7);4-6H,2-3H2,1H3. The van der Waals surface area contributed by atoms with E-state index < -0.39 is 11.4 Å². The van der Waals surface area contributed by atoms with Crippen LogP contribution in [-0.2, 0) is 4.79 Å².